The van der Waals surface area contributed by atoms with Gasteiger partial charge in [0, 0.05) is 0 Å². The average Bonchev–Trinajstić information content (AvgIpc) is 2.46. The second-order valence-electron chi connectivity index (χ2n) is 5.55. The first-order valence-corrected chi connectivity index (χ1v) is 7.61. The van der Waals surface area contributed by atoms with Gasteiger partial charge in [-0.2, -0.15) is 0 Å². The zero-order valence-electron chi connectivity index (χ0n) is 12.0. The van der Waals surface area contributed by atoms with E-state index >= 15 is 0 Å². The molecule has 3 heteroatoms. The summed E-state index contributed by atoms with van der Waals surface area (Å²) in [7, 11) is 0. The van der Waals surface area contributed by atoms with Crippen LogP contribution < -0.4 is 5.32 Å². The summed E-state index contributed by atoms with van der Waals surface area (Å²) < 4.78 is 13.0. The first-order chi connectivity index (χ1) is 9.26. The van der Waals surface area contributed by atoms with Gasteiger partial charge in [0.15, 0.2) is 0 Å². The van der Waals surface area contributed by atoms with Gasteiger partial charge in [-0.1, -0.05) is 39.5 Å². The van der Waals surface area contributed by atoms with Gasteiger partial charge in [0.2, 0.25) is 0 Å². The Morgan fingerprint density at radius 3 is 2.74 bits per heavy atom. The topological polar surface area (TPSA) is 24.9 Å². The molecule has 0 aromatic carbocycles. The highest BCUT2D eigenvalue weighted by atomic mass is 19.1. The van der Waals surface area contributed by atoms with Crippen molar-refractivity contribution in [2.24, 2.45) is 11.8 Å². The van der Waals surface area contributed by atoms with Crippen LogP contribution in [0.5, 0.6) is 0 Å². The van der Waals surface area contributed by atoms with E-state index < -0.39 is 0 Å². The zero-order chi connectivity index (χ0) is 13.7. The fourth-order valence-corrected chi connectivity index (χ4v) is 3.45. The van der Waals surface area contributed by atoms with Gasteiger partial charge in [-0.25, -0.2) is 4.39 Å². The van der Waals surface area contributed by atoms with Crippen molar-refractivity contribution in [1.29, 1.82) is 0 Å². The van der Waals surface area contributed by atoms with Crippen LogP contribution in [0.2, 0.25) is 0 Å². The van der Waals surface area contributed by atoms with Crippen LogP contribution in [0.25, 0.3) is 0 Å². The van der Waals surface area contributed by atoms with E-state index in [1.807, 2.05) is 6.07 Å². The second kappa shape index (κ2) is 6.99. The lowest BCUT2D eigenvalue weighted by Crippen LogP contribution is -2.35. The van der Waals surface area contributed by atoms with Crippen molar-refractivity contribution in [1.82, 2.24) is 10.3 Å². The third kappa shape index (κ3) is 3.53. The van der Waals surface area contributed by atoms with Crippen molar-refractivity contribution in [2.75, 3.05) is 6.54 Å². The van der Waals surface area contributed by atoms with Gasteiger partial charge in [-0.3, -0.25) is 4.98 Å². The summed E-state index contributed by atoms with van der Waals surface area (Å²) in [5.41, 5.74) is 0.994. The van der Waals surface area contributed by atoms with E-state index in [9.17, 15) is 4.39 Å². The van der Waals surface area contributed by atoms with Crippen LogP contribution in [0, 0.1) is 17.7 Å². The number of aromatic nitrogens is 1. The lowest BCUT2D eigenvalue weighted by Gasteiger charge is -2.37. The minimum absolute atomic E-state index is 0.255. The van der Waals surface area contributed by atoms with E-state index in [0.717, 1.165) is 18.2 Å². The largest absolute Gasteiger partial charge is 0.309 e. The maximum Gasteiger partial charge on any atom is 0.141 e. The van der Waals surface area contributed by atoms with Crippen LogP contribution in [-0.4, -0.2) is 11.5 Å². The fraction of sp³-hybridized carbons (Fsp3) is 0.688. The molecule has 0 radical (unpaired) electrons. The van der Waals surface area contributed by atoms with E-state index in [-0.39, 0.29) is 11.9 Å². The Balaban J connectivity index is 2.20. The predicted octanol–water partition coefficient (Wildman–Crippen LogP) is 4.09. The highest BCUT2D eigenvalue weighted by Crippen LogP contribution is 2.39. The minimum Gasteiger partial charge on any atom is -0.309 e. The normalized spacial score (nSPS) is 25.2. The molecule has 1 aromatic heterocycles. The summed E-state index contributed by atoms with van der Waals surface area (Å²) in [4.78, 5) is 4.30. The Morgan fingerprint density at radius 1 is 1.32 bits per heavy atom. The second-order valence-corrected chi connectivity index (χ2v) is 5.55. The molecule has 106 valence electrons. The molecule has 2 rings (SSSR count). The minimum atomic E-state index is -0.255. The zero-order valence-corrected chi connectivity index (χ0v) is 12.0. The molecular formula is C16H25FN2. The standard InChI is InChI=1S/C16H25FN2/c1-3-12-7-5-6-8-14(12)16(18-4-2)15-10-9-13(17)11-19-15/h9-12,14,16,18H,3-8H2,1-2H3. The SMILES string of the molecule is CCNC(c1ccc(F)cn1)C1CCCCC1CC. The molecule has 1 aliphatic carbocycles. The maximum absolute atomic E-state index is 13.0. The Hall–Kier alpha value is -0.960. The highest BCUT2D eigenvalue weighted by Gasteiger charge is 2.31. The summed E-state index contributed by atoms with van der Waals surface area (Å²) in [5.74, 6) is 1.15. The van der Waals surface area contributed by atoms with Crippen LogP contribution in [0.4, 0.5) is 4.39 Å². The van der Waals surface area contributed by atoms with Crippen molar-refractivity contribution in [3.63, 3.8) is 0 Å². The van der Waals surface area contributed by atoms with Gasteiger partial charge in [-0.05, 0) is 36.9 Å². The van der Waals surface area contributed by atoms with Gasteiger partial charge >= 0.3 is 0 Å². The molecule has 0 amide bonds. The van der Waals surface area contributed by atoms with Gasteiger partial charge in [0.25, 0.3) is 0 Å². The van der Waals surface area contributed by atoms with E-state index in [1.54, 1.807) is 0 Å². The fourth-order valence-electron chi connectivity index (χ4n) is 3.45. The van der Waals surface area contributed by atoms with Crippen molar-refractivity contribution < 1.29 is 4.39 Å². The summed E-state index contributed by atoms with van der Waals surface area (Å²) in [6.07, 6.45) is 7.81. The molecule has 1 heterocycles. The van der Waals surface area contributed by atoms with Gasteiger partial charge in [0.1, 0.15) is 5.82 Å². The van der Waals surface area contributed by atoms with E-state index in [0.29, 0.717) is 5.92 Å². The van der Waals surface area contributed by atoms with Gasteiger partial charge in [-0.15, -0.1) is 0 Å². The molecule has 0 spiro atoms. The maximum atomic E-state index is 13.0. The van der Waals surface area contributed by atoms with Gasteiger partial charge in [0.05, 0.1) is 17.9 Å². The quantitative estimate of drug-likeness (QED) is 0.866. The number of nitrogens with zero attached hydrogens (tertiary/aromatic N) is 1. The monoisotopic (exact) mass is 264 g/mol. The van der Waals surface area contributed by atoms with Crippen molar-refractivity contribution in [3.8, 4) is 0 Å². The molecule has 0 saturated heterocycles. The molecule has 1 aromatic rings. The summed E-state index contributed by atoms with van der Waals surface area (Å²) >= 11 is 0. The van der Waals surface area contributed by atoms with Crippen molar-refractivity contribution >= 4 is 0 Å². The number of hydrogen-bond acceptors (Lipinski definition) is 2. The molecule has 0 bridgehead atoms. The first-order valence-electron chi connectivity index (χ1n) is 7.61. The summed E-state index contributed by atoms with van der Waals surface area (Å²) in [5, 5.41) is 3.57. The molecule has 1 N–H and O–H groups in total. The Morgan fingerprint density at radius 2 is 2.11 bits per heavy atom. The number of rotatable bonds is 5. The van der Waals surface area contributed by atoms with Crippen LogP contribution >= 0.6 is 0 Å². The Labute approximate surface area is 115 Å². The number of nitrogens with one attached hydrogen (secondary N) is 1. The smallest absolute Gasteiger partial charge is 0.141 e. The summed E-state index contributed by atoms with van der Waals surface area (Å²) in [6.45, 7) is 5.33. The van der Waals surface area contributed by atoms with Crippen LogP contribution in [-0.2, 0) is 0 Å². The van der Waals surface area contributed by atoms with Crippen LogP contribution in [0.1, 0.15) is 57.7 Å². The van der Waals surface area contributed by atoms with Gasteiger partial charge < -0.3 is 5.32 Å². The van der Waals surface area contributed by atoms with Crippen molar-refractivity contribution in [3.05, 3.63) is 29.8 Å². The molecule has 2 nitrogen and oxygen atoms in total. The molecule has 0 aliphatic heterocycles. The first kappa shape index (κ1) is 14.4. The van der Waals surface area contributed by atoms with E-state index in [4.69, 9.17) is 0 Å². The Kier molecular flexibility index (Phi) is 5.32. The molecular weight excluding hydrogens is 239 g/mol. The van der Waals surface area contributed by atoms with E-state index in [1.165, 1.54) is 44.4 Å². The third-order valence-electron chi connectivity index (χ3n) is 4.41. The molecule has 3 unspecified atom stereocenters. The molecule has 3 atom stereocenters. The van der Waals surface area contributed by atoms with Crippen LogP contribution in [0.15, 0.2) is 18.3 Å². The summed E-state index contributed by atoms with van der Waals surface area (Å²) in [6, 6.07) is 3.64. The number of pyridine rings is 1. The predicted molar refractivity (Wildman–Crippen MR) is 76.4 cm³/mol. The van der Waals surface area contributed by atoms with Crippen molar-refractivity contribution in [2.45, 2.75) is 52.0 Å². The Bertz CT molecular complexity index is 377. The average molecular weight is 264 g/mol. The lowest BCUT2D eigenvalue weighted by atomic mass is 9.73. The molecule has 1 aliphatic rings. The molecule has 19 heavy (non-hydrogen) atoms. The highest BCUT2D eigenvalue weighted by molar-refractivity contribution is 5.12. The number of halogens is 1. The molecule has 1 saturated carbocycles. The van der Waals surface area contributed by atoms with Crippen LogP contribution in [0.3, 0.4) is 0 Å². The third-order valence-corrected chi connectivity index (χ3v) is 4.41. The van der Waals surface area contributed by atoms with E-state index in [2.05, 4.69) is 24.1 Å². The number of hydrogen-bond donors (Lipinski definition) is 1. The lowest BCUT2D eigenvalue weighted by molar-refractivity contribution is 0.174. The molecule has 1 fully saturated rings.